The molecule has 0 unspecified atom stereocenters. The summed E-state index contributed by atoms with van der Waals surface area (Å²) in [7, 11) is 1.59. The molecule has 2 aromatic carbocycles. The molecule has 7 nitrogen and oxygen atoms in total. The van der Waals surface area contributed by atoms with Crippen molar-refractivity contribution >= 4 is 35.2 Å². The van der Waals surface area contributed by atoms with Crippen LogP contribution in [0.3, 0.4) is 0 Å². The van der Waals surface area contributed by atoms with Crippen LogP contribution >= 0.6 is 11.8 Å². The second kappa shape index (κ2) is 9.43. The van der Waals surface area contributed by atoms with E-state index in [1.807, 2.05) is 41.3 Å². The number of likely N-dealkylation sites (tertiary alicyclic amines) is 1. The lowest BCUT2D eigenvalue weighted by atomic mass is 10.1. The molecule has 3 amide bonds. The van der Waals surface area contributed by atoms with Crippen molar-refractivity contribution < 1.29 is 19.1 Å². The third-order valence-electron chi connectivity index (χ3n) is 5.51. The Bertz CT molecular complexity index is 1000. The lowest BCUT2D eigenvalue weighted by Crippen LogP contribution is -2.43. The van der Waals surface area contributed by atoms with E-state index in [9.17, 15) is 14.4 Å². The number of ether oxygens (including phenoxy) is 1. The van der Waals surface area contributed by atoms with Gasteiger partial charge in [0.15, 0.2) is 0 Å². The Morgan fingerprint density at radius 2 is 1.90 bits per heavy atom. The molecule has 0 aliphatic carbocycles. The molecular formula is C23H25N3O4S. The van der Waals surface area contributed by atoms with Crippen LogP contribution in [0.4, 0.5) is 5.69 Å². The molecule has 1 saturated heterocycles. The average molecular weight is 440 g/mol. The lowest BCUT2D eigenvalue weighted by Gasteiger charge is -2.29. The number of rotatable bonds is 6. The molecular weight excluding hydrogens is 414 g/mol. The molecule has 2 aliphatic heterocycles. The van der Waals surface area contributed by atoms with Gasteiger partial charge in [0, 0.05) is 35.7 Å². The second-order valence-corrected chi connectivity index (χ2v) is 8.56. The smallest absolute Gasteiger partial charge is 0.253 e. The van der Waals surface area contributed by atoms with E-state index in [1.165, 1.54) is 16.7 Å². The summed E-state index contributed by atoms with van der Waals surface area (Å²) in [6.45, 7) is 1.74. The van der Waals surface area contributed by atoms with Gasteiger partial charge in [0.1, 0.15) is 12.3 Å². The summed E-state index contributed by atoms with van der Waals surface area (Å²) in [5, 5.41) is 2.86. The van der Waals surface area contributed by atoms with Gasteiger partial charge in [0.05, 0.1) is 18.6 Å². The molecule has 31 heavy (non-hydrogen) atoms. The molecule has 2 aromatic rings. The SMILES string of the molecule is COc1ccccc1CNC(=O)CN1C(=O)CSc2ccc(C(=O)N3CCCC3)cc21. The summed E-state index contributed by atoms with van der Waals surface area (Å²) in [6, 6.07) is 12.9. The monoisotopic (exact) mass is 439 g/mol. The van der Waals surface area contributed by atoms with Gasteiger partial charge in [-0.2, -0.15) is 0 Å². The average Bonchev–Trinajstić information content (AvgIpc) is 3.34. The Hall–Kier alpha value is -3.00. The van der Waals surface area contributed by atoms with Crippen LogP contribution in [0.1, 0.15) is 28.8 Å². The van der Waals surface area contributed by atoms with Crippen molar-refractivity contribution in [3.05, 3.63) is 53.6 Å². The van der Waals surface area contributed by atoms with E-state index in [0.29, 0.717) is 23.5 Å². The maximum atomic E-state index is 12.8. The number of anilines is 1. The number of methoxy groups -OCH3 is 1. The molecule has 4 rings (SSSR count). The third-order valence-corrected chi connectivity index (χ3v) is 6.56. The van der Waals surface area contributed by atoms with E-state index in [2.05, 4.69) is 5.32 Å². The van der Waals surface area contributed by atoms with Crippen LogP contribution in [0.5, 0.6) is 5.75 Å². The minimum atomic E-state index is -0.270. The van der Waals surface area contributed by atoms with Crippen LogP contribution in [0, 0.1) is 0 Å². The predicted molar refractivity (Wildman–Crippen MR) is 119 cm³/mol. The fourth-order valence-electron chi connectivity index (χ4n) is 3.85. The zero-order chi connectivity index (χ0) is 21.8. The minimum Gasteiger partial charge on any atom is -0.496 e. The molecule has 0 radical (unpaired) electrons. The molecule has 0 atom stereocenters. The van der Waals surface area contributed by atoms with Gasteiger partial charge >= 0.3 is 0 Å². The number of amides is 3. The highest BCUT2D eigenvalue weighted by Crippen LogP contribution is 2.36. The normalized spacial score (nSPS) is 15.6. The third kappa shape index (κ3) is 4.69. The minimum absolute atomic E-state index is 0.0242. The fourth-order valence-corrected chi connectivity index (χ4v) is 4.77. The van der Waals surface area contributed by atoms with E-state index < -0.39 is 0 Å². The quantitative estimate of drug-likeness (QED) is 0.749. The van der Waals surface area contributed by atoms with Gasteiger partial charge in [-0.15, -0.1) is 11.8 Å². The van der Waals surface area contributed by atoms with E-state index in [0.717, 1.165) is 36.4 Å². The number of carbonyl (C=O) groups is 3. The predicted octanol–water partition coefficient (Wildman–Crippen LogP) is 2.69. The van der Waals surface area contributed by atoms with Crippen LogP contribution < -0.4 is 15.0 Å². The Morgan fingerprint density at radius 3 is 2.68 bits per heavy atom. The molecule has 0 saturated carbocycles. The zero-order valence-electron chi connectivity index (χ0n) is 17.4. The van der Waals surface area contributed by atoms with Gasteiger partial charge in [-0.3, -0.25) is 14.4 Å². The molecule has 0 bridgehead atoms. The Balaban J connectivity index is 1.48. The molecule has 8 heteroatoms. The molecule has 1 N–H and O–H groups in total. The topological polar surface area (TPSA) is 79.0 Å². The van der Waals surface area contributed by atoms with E-state index in [-0.39, 0.29) is 30.0 Å². The molecule has 0 aromatic heterocycles. The molecule has 1 fully saturated rings. The van der Waals surface area contributed by atoms with Gasteiger partial charge in [-0.1, -0.05) is 18.2 Å². The van der Waals surface area contributed by atoms with Crippen LogP contribution in [-0.4, -0.2) is 55.1 Å². The first-order valence-corrected chi connectivity index (χ1v) is 11.3. The summed E-state index contributed by atoms with van der Waals surface area (Å²) in [5.74, 6) is 0.531. The first kappa shape index (κ1) is 21.2. The summed E-state index contributed by atoms with van der Waals surface area (Å²) in [5.41, 5.74) is 2.03. The highest BCUT2D eigenvalue weighted by molar-refractivity contribution is 8.00. The van der Waals surface area contributed by atoms with Crippen molar-refractivity contribution in [2.24, 2.45) is 0 Å². The molecule has 0 spiro atoms. The fraction of sp³-hybridized carbons (Fsp3) is 0.348. The highest BCUT2D eigenvalue weighted by Gasteiger charge is 2.28. The number of hydrogen-bond acceptors (Lipinski definition) is 5. The van der Waals surface area contributed by atoms with Gasteiger partial charge in [-0.25, -0.2) is 0 Å². The zero-order valence-corrected chi connectivity index (χ0v) is 18.2. The maximum Gasteiger partial charge on any atom is 0.253 e. The molecule has 2 heterocycles. The molecule has 162 valence electrons. The summed E-state index contributed by atoms with van der Waals surface area (Å²) in [6.07, 6.45) is 2.03. The number of para-hydroxylation sites is 1. The second-order valence-electron chi connectivity index (χ2n) is 7.54. The number of benzene rings is 2. The first-order chi connectivity index (χ1) is 15.1. The van der Waals surface area contributed by atoms with Crippen molar-refractivity contribution in [1.29, 1.82) is 0 Å². The first-order valence-electron chi connectivity index (χ1n) is 10.3. The van der Waals surface area contributed by atoms with E-state index in [1.54, 1.807) is 13.2 Å². The number of fused-ring (bicyclic) bond motifs is 1. The number of nitrogens with one attached hydrogen (secondary N) is 1. The standard InChI is InChI=1S/C23H25N3O4S/c1-30-19-7-3-2-6-17(19)13-24-21(27)14-26-18-12-16(23(29)25-10-4-5-11-25)8-9-20(18)31-15-22(26)28/h2-3,6-9,12H,4-5,10-11,13-15H2,1H3,(H,24,27). The summed E-state index contributed by atoms with van der Waals surface area (Å²) >= 11 is 1.43. The van der Waals surface area contributed by atoms with E-state index in [4.69, 9.17) is 4.74 Å². The van der Waals surface area contributed by atoms with Gasteiger partial charge in [-0.05, 0) is 37.1 Å². The number of nitrogens with zero attached hydrogens (tertiary/aromatic N) is 2. The Kier molecular flexibility index (Phi) is 6.46. The summed E-state index contributed by atoms with van der Waals surface area (Å²) < 4.78 is 5.31. The Morgan fingerprint density at radius 1 is 1.13 bits per heavy atom. The molecule has 2 aliphatic rings. The number of hydrogen-bond donors (Lipinski definition) is 1. The van der Waals surface area contributed by atoms with Crippen molar-refractivity contribution in [3.8, 4) is 5.75 Å². The Labute approximate surface area is 185 Å². The number of carbonyl (C=O) groups excluding carboxylic acids is 3. The largest absolute Gasteiger partial charge is 0.496 e. The van der Waals surface area contributed by atoms with Crippen molar-refractivity contribution in [3.63, 3.8) is 0 Å². The van der Waals surface area contributed by atoms with Gasteiger partial charge < -0.3 is 19.9 Å². The number of thioether (sulfide) groups is 1. The van der Waals surface area contributed by atoms with E-state index >= 15 is 0 Å². The van der Waals surface area contributed by atoms with Gasteiger partial charge in [0.25, 0.3) is 5.91 Å². The van der Waals surface area contributed by atoms with Crippen LogP contribution in [0.25, 0.3) is 0 Å². The van der Waals surface area contributed by atoms with Crippen LogP contribution in [0.15, 0.2) is 47.4 Å². The highest BCUT2D eigenvalue weighted by atomic mass is 32.2. The van der Waals surface area contributed by atoms with Crippen molar-refractivity contribution in [1.82, 2.24) is 10.2 Å². The van der Waals surface area contributed by atoms with Crippen molar-refractivity contribution in [2.45, 2.75) is 24.3 Å². The lowest BCUT2D eigenvalue weighted by molar-refractivity contribution is -0.123. The van der Waals surface area contributed by atoms with Crippen molar-refractivity contribution in [2.75, 3.05) is 37.4 Å². The van der Waals surface area contributed by atoms with Gasteiger partial charge in [0.2, 0.25) is 11.8 Å². The van der Waals surface area contributed by atoms with Crippen LogP contribution in [0.2, 0.25) is 0 Å². The van der Waals surface area contributed by atoms with Crippen LogP contribution in [-0.2, 0) is 16.1 Å². The summed E-state index contributed by atoms with van der Waals surface area (Å²) in [4.78, 5) is 42.3. The maximum absolute atomic E-state index is 12.8.